The van der Waals surface area contributed by atoms with Crippen molar-refractivity contribution in [1.29, 1.82) is 0 Å². The zero-order valence-corrected chi connectivity index (χ0v) is 12.2. The van der Waals surface area contributed by atoms with Crippen molar-refractivity contribution in [2.45, 2.75) is 45.6 Å². The van der Waals surface area contributed by atoms with E-state index in [1.807, 2.05) is 6.08 Å². The molecule has 0 aromatic rings. The second-order valence-electron chi connectivity index (χ2n) is 6.00. The lowest BCUT2D eigenvalue weighted by atomic mass is 9.97. The summed E-state index contributed by atoms with van der Waals surface area (Å²) in [5.74, 6) is 0.627. The maximum atomic E-state index is 6.25. The van der Waals surface area contributed by atoms with Crippen LogP contribution in [0.3, 0.4) is 0 Å². The maximum absolute atomic E-state index is 6.25. The van der Waals surface area contributed by atoms with Crippen molar-refractivity contribution in [3.8, 4) is 0 Å². The van der Waals surface area contributed by atoms with E-state index in [4.69, 9.17) is 5.73 Å². The van der Waals surface area contributed by atoms with Crippen molar-refractivity contribution >= 4 is 0 Å². The van der Waals surface area contributed by atoms with E-state index in [2.05, 4.69) is 42.7 Å². The van der Waals surface area contributed by atoms with Gasteiger partial charge in [0.15, 0.2) is 0 Å². The average molecular weight is 258 g/mol. The van der Waals surface area contributed by atoms with E-state index in [0.717, 1.165) is 6.42 Å². The van der Waals surface area contributed by atoms with Gasteiger partial charge in [0.2, 0.25) is 0 Å². The Balaban J connectivity index is 2.07. The normalized spacial score (nSPS) is 21.2. The van der Waals surface area contributed by atoms with Crippen molar-refractivity contribution in [3.63, 3.8) is 0 Å². The third kappa shape index (κ3) is 4.12. The van der Waals surface area contributed by atoms with Crippen LogP contribution in [-0.2, 0) is 0 Å². The Morgan fingerprint density at radius 3 is 2.58 bits per heavy atom. The summed E-state index contributed by atoms with van der Waals surface area (Å²) in [7, 11) is 0. The van der Waals surface area contributed by atoms with Crippen LogP contribution in [0.4, 0.5) is 0 Å². The number of hydrogen-bond donors (Lipinski definition) is 1. The molecule has 1 heterocycles. The predicted octanol–water partition coefficient (Wildman–Crippen LogP) is 3.38. The fourth-order valence-electron chi connectivity index (χ4n) is 2.72. The zero-order valence-electron chi connectivity index (χ0n) is 12.2. The van der Waals surface area contributed by atoms with Crippen molar-refractivity contribution in [2.24, 2.45) is 11.7 Å². The van der Waals surface area contributed by atoms with Crippen LogP contribution in [0.25, 0.3) is 0 Å². The Kier molecular flexibility index (Phi) is 5.07. The molecule has 0 bridgehead atoms. The highest BCUT2D eigenvalue weighted by Crippen LogP contribution is 2.19. The van der Waals surface area contributed by atoms with Gasteiger partial charge in [-0.2, -0.15) is 0 Å². The molecule has 2 heteroatoms. The van der Waals surface area contributed by atoms with E-state index in [1.54, 1.807) is 0 Å². The van der Waals surface area contributed by atoms with Gasteiger partial charge in [0.25, 0.3) is 0 Å². The number of piperidine rings is 1. The Morgan fingerprint density at radius 2 is 1.89 bits per heavy atom. The van der Waals surface area contributed by atoms with Crippen LogP contribution in [-0.4, -0.2) is 24.0 Å². The molecule has 0 radical (unpaired) electrons. The van der Waals surface area contributed by atoms with Crippen LogP contribution >= 0.6 is 0 Å². The van der Waals surface area contributed by atoms with Crippen molar-refractivity contribution in [2.75, 3.05) is 13.1 Å². The molecule has 2 aliphatic rings. The Bertz CT molecular complexity index is 417. The van der Waals surface area contributed by atoms with Gasteiger partial charge in [-0.05, 0) is 49.3 Å². The summed E-state index contributed by atoms with van der Waals surface area (Å²) in [6.45, 7) is 6.77. The SMILES string of the molecule is CC(C)CC(N)C1=CC=C(N2CCCCC2)C=C=C1. The number of nitrogens with zero attached hydrogens (tertiary/aromatic N) is 1. The fourth-order valence-corrected chi connectivity index (χ4v) is 2.72. The summed E-state index contributed by atoms with van der Waals surface area (Å²) in [5, 5.41) is 0. The molecule has 1 aliphatic carbocycles. The lowest BCUT2D eigenvalue weighted by Gasteiger charge is -2.29. The van der Waals surface area contributed by atoms with E-state index < -0.39 is 0 Å². The molecule has 0 aromatic heterocycles. The molecule has 2 nitrogen and oxygen atoms in total. The summed E-state index contributed by atoms with van der Waals surface area (Å²) in [6, 6.07) is 0.123. The molecule has 0 spiro atoms. The van der Waals surface area contributed by atoms with Crippen LogP contribution in [0.1, 0.15) is 39.5 Å². The molecule has 2 N–H and O–H groups in total. The van der Waals surface area contributed by atoms with Crippen LogP contribution < -0.4 is 5.73 Å². The highest BCUT2D eigenvalue weighted by Gasteiger charge is 2.13. The Morgan fingerprint density at radius 1 is 1.16 bits per heavy atom. The van der Waals surface area contributed by atoms with Gasteiger partial charge in [-0.1, -0.05) is 19.9 Å². The van der Waals surface area contributed by atoms with Gasteiger partial charge in [-0.25, -0.2) is 0 Å². The largest absolute Gasteiger partial charge is 0.371 e. The van der Waals surface area contributed by atoms with E-state index in [1.165, 1.54) is 43.6 Å². The van der Waals surface area contributed by atoms with Gasteiger partial charge >= 0.3 is 0 Å². The molecule has 1 fully saturated rings. The Labute approximate surface area is 117 Å². The molecule has 1 saturated heterocycles. The molecule has 0 saturated carbocycles. The van der Waals surface area contributed by atoms with E-state index >= 15 is 0 Å². The first-order valence-electron chi connectivity index (χ1n) is 7.51. The minimum absolute atomic E-state index is 0.123. The molecule has 2 rings (SSSR count). The molecule has 1 aliphatic heterocycles. The monoisotopic (exact) mass is 258 g/mol. The summed E-state index contributed by atoms with van der Waals surface area (Å²) >= 11 is 0. The minimum atomic E-state index is 0.123. The summed E-state index contributed by atoms with van der Waals surface area (Å²) in [6.07, 6.45) is 13.5. The maximum Gasteiger partial charge on any atom is 0.0444 e. The van der Waals surface area contributed by atoms with Crippen LogP contribution in [0.15, 0.2) is 41.3 Å². The van der Waals surface area contributed by atoms with Gasteiger partial charge < -0.3 is 10.6 Å². The predicted molar refractivity (Wildman–Crippen MR) is 81.7 cm³/mol. The van der Waals surface area contributed by atoms with E-state index in [-0.39, 0.29) is 6.04 Å². The third-order valence-corrected chi connectivity index (χ3v) is 3.80. The average Bonchev–Trinajstić information content (AvgIpc) is 2.64. The lowest BCUT2D eigenvalue weighted by Crippen LogP contribution is -2.28. The Hall–Kier alpha value is -1.24. The zero-order chi connectivity index (χ0) is 13.7. The molecule has 0 aromatic carbocycles. The molecular weight excluding hydrogens is 232 g/mol. The van der Waals surface area contributed by atoms with Crippen molar-refractivity contribution in [3.05, 3.63) is 41.3 Å². The van der Waals surface area contributed by atoms with Crippen LogP contribution in [0.5, 0.6) is 0 Å². The second kappa shape index (κ2) is 6.79. The number of nitrogens with two attached hydrogens (primary N) is 1. The smallest absolute Gasteiger partial charge is 0.0444 e. The second-order valence-corrected chi connectivity index (χ2v) is 6.00. The molecule has 19 heavy (non-hydrogen) atoms. The number of likely N-dealkylation sites (tertiary alicyclic amines) is 1. The number of hydrogen-bond acceptors (Lipinski definition) is 2. The standard InChI is InChI=1S/C17H26N2/c1-14(2)13-17(18)15-7-6-8-16(10-9-15)19-11-4-3-5-12-19/h7-10,14,17H,3-5,11-13,18H2,1-2H3. The number of allylic oxidation sites excluding steroid dienone is 3. The first-order valence-corrected chi connectivity index (χ1v) is 7.51. The number of rotatable bonds is 4. The lowest BCUT2D eigenvalue weighted by molar-refractivity contribution is 0.293. The fraction of sp³-hybridized carbons (Fsp3) is 0.588. The first-order chi connectivity index (χ1) is 9.16. The minimum Gasteiger partial charge on any atom is -0.371 e. The first kappa shape index (κ1) is 14.2. The van der Waals surface area contributed by atoms with E-state index in [0.29, 0.717) is 5.92 Å². The summed E-state index contributed by atoms with van der Waals surface area (Å²) in [4.78, 5) is 2.46. The highest BCUT2D eigenvalue weighted by atomic mass is 15.1. The summed E-state index contributed by atoms with van der Waals surface area (Å²) < 4.78 is 0. The quantitative estimate of drug-likeness (QED) is 0.783. The molecule has 1 unspecified atom stereocenters. The molecule has 0 amide bonds. The van der Waals surface area contributed by atoms with Gasteiger partial charge in [0.05, 0.1) is 0 Å². The van der Waals surface area contributed by atoms with Crippen LogP contribution in [0.2, 0.25) is 0 Å². The topological polar surface area (TPSA) is 29.3 Å². The highest BCUT2D eigenvalue weighted by molar-refractivity contribution is 5.36. The van der Waals surface area contributed by atoms with Gasteiger partial charge in [0.1, 0.15) is 0 Å². The van der Waals surface area contributed by atoms with Gasteiger partial charge in [0, 0.05) is 30.9 Å². The van der Waals surface area contributed by atoms with Crippen molar-refractivity contribution < 1.29 is 0 Å². The van der Waals surface area contributed by atoms with Crippen LogP contribution in [0, 0.1) is 5.92 Å². The molecule has 104 valence electrons. The summed E-state index contributed by atoms with van der Waals surface area (Å²) in [5.41, 5.74) is 12.0. The van der Waals surface area contributed by atoms with Crippen molar-refractivity contribution in [1.82, 2.24) is 4.90 Å². The third-order valence-electron chi connectivity index (χ3n) is 3.80. The van der Waals surface area contributed by atoms with Gasteiger partial charge in [-0.3, -0.25) is 0 Å². The molecular formula is C17H26N2. The van der Waals surface area contributed by atoms with Gasteiger partial charge in [-0.15, -0.1) is 5.73 Å². The molecule has 1 atom stereocenters. The van der Waals surface area contributed by atoms with E-state index in [9.17, 15) is 0 Å².